The number of hydrogen-bond donors (Lipinski definition) is 1. The minimum Gasteiger partial charge on any atom is -0.456 e. The van der Waals surface area contributed by atoms with E-state index in [0.29, 0.717) is 0 Å². The second kappa shape index (κ2) is 6.06. The lowest BCUT2D eigenvalue weighted by Gasteiger charge is -2.16. The maximum atomic E-state index is 5.94. The second-order valence-corrected chi connectivity index (χ2v) is 5.30. The second-order valence-electron chi connectivity index (χ2n) is 5.30. The molecule has 0 saturated heterocycles. The molecule has 1 aromatic carbocycles. The van der Waals surface area contributed by atoms with Crippen LogP contribution < -0.4 is 10.1 Å². The van der Waals surface area contributed by atoms with Gasteiger partial charge in [0.05, 0.1) is 6.20 Å². The van der Waals surface area contributed by atoms with Gasteiger partial charge in [0.1, 0.15) is 11.5 Å². The summed E-state index contributed by atoms with van der Waals surface area (Å²) in [5, 5.41) is 3.12. The Hall–Kier alpha value is -1.87. The first-order chi connectivity index (χ1) is 9.85. The summed E-state index contributed by atoms with van der Waals surface area (Å²) in [4.78, 5) is 4.22. The Kier molecular flexibility index (Phi) is 3.97. The summed E-state index contributed by atoms with van der Waals surface area (Å²) < 4.78 is 5.94. The Balaban J connectivity index is 1.78. The smallest absolute Gasteiger partial charge is 0.146 e. The van der Waals surface area contributed by atoms with Crippen LogP contribution in [0.5, 0.6) is 11.5 Å². The lowest BCUT2D eigenvalue weighted by atomic mass is 9.92. The minimum atomic E-state index is 0.800. The molecule has 1 aromatic heterocycles. The minimum absolute atomic E-state index is 0.800. The van der Waals surface area contributed by atoms with Gasteiger partial charge in [-0.15, -0.1) is 0 Å². The first-order valence-corrected chi connectivity index (χ1v) is 7.23. The van der Waals surface area contributed by atoms with Crippen molar-refractivity contribution in [2.45, 2.75) is 32.2 Å². The number of aromatic nitrogens is 1. The summed E-state index contributed by atoms with van der Waals surface area (Å²) in [6, 6.07) is 8.48. The number of aryl methyl sites for hydroxylation is 2. The molecule has 2 aromatic rings. The van der Waals surface area contributed by atoms with Gasteiger partial charge in [-0.2, -0.15) is 0 Å². The number of hydrogen-bond acceptors (Lipinski definition) is 3. The average molecular weight is 268 g/mol. The summed E-state index contributed by atoms with van der Waals surface area (Å²) in [7, 11) is 1.93. The Morgan fingerprint density at radius 1 is 1.05 bits per heavy atom. The predicted octanol–water partition coefficient (Wildman–Crippen LogP) is 3.47. The lowest BCUT2D eigenvalue weighted by Crippen LogP contribution is -2.05. The molecule has 104 valence electrons. The van der Waals surface area contributed by atoms with Crippen LogP contribution in [0.25, 0.3) is 0 Å². The molecule has 0 spiro atoms. The largest absolute Gasteiger partial charge is 0.456 e. The van der Waals surface area contributed by atoms with Crippen molar-refractivity contribution in [1.82, 2.24) is 10.3 Å². The number of pyridine rings is 1. The van der Waals surface area contributed by atoms with Crippen molar-refractivity contribution in [3.05, 3.63) is 53.3 Å². The van der Waals surface area contributed by atoms with Crippen LogP contribution in [0.4, 0.5) is 0 Å². The molecule has 0 unspecified atom stereocenters. The van der Waals surface area contributed by atoms with Crippen LogP contribution in [0.2, 0.25) is 0 Å². The SMILES string of the molecule is CNCc1cncc(Oc2ccc3c(c2)CCCC3)c1. The van der Waals surface area contributed by atoms with Crippen molar-refractivity contribution >= 4 is 0 Å². The van der Waals surface area contributed by atoms with Crippen LogP contribution in [0.1, 0.15) is 29.5 Å². The van der Waals surface area contributed by atoms with Crippen molar-refractivity contribution in [3.8, 4) is 11.5 Å². The summed E-state index contributed by atoms with van der Waals surface area (Å²) >= 11 is 0. The molecule has 3 rings (SSSR count). The van der Waals surface area contributed by atoms with Crippen molar-refractivity contribution in [3.63, 3.8) is 0 Å². The average Bonchev–Trinajstić information content (AvgIpc) is 2.48. The van der Waals surface area contributed by atoms with Gasteiger partial charge < -0.3 is 10.1 Å². The van der Waals surface area contributed by atoms with Gasteiger partial charge in [-0.05, 0) is 67.6 Å². The third-order valence-electron chi connectivity index (χ3n) is 3.71. The van der Waals surface area contributed by atoms with E-state index in [9.17, 15) is 0 Å². The fourth-order valence-corrected chi connectivity index (χ4v) is 2.73. The first kappa shape index (κ1) is 13.1. The molecule has 0 radical (unpaired) electrons. The van der Waals surface area contributed by atoms with Gasteiger partial charge in [0.15, 0.2) is 0 Å². The number of nitrogens with one attached hydrogen (secondary N) is 1. The number of rotatable bonds is 4. The van der Waals surface area contributed by atoms with Gasteiger partial charge in [0.2, 0.25) is 0 Å². The third-order valence-corrected chi connectivity index (χ3v) is 3.71. The summed E-state index contributed by atoms with van der Waals surface area (Å²) in [5.74, 6) is 1.71. The maximum absolute atomic E-state index is 5.94. The van der Waals surface area contributed by atoms with Gasteiger partial charge in [-0.25, -0.2) is 0 Å². The lowest BCUT2D eigenvalue weighted by molar-refractivity contribution is 0.477. The molecule has 20 heavy (non-hydrogen) atoms. The molecule has 0 aliphatic heterocycles. The molecule has 0 atom stereocenters. The van der Waals surface area contributed by atoms with Crippen LogP contribution in [-0.2, 0) is 19.4 Å². The van der Waals surface area contributed by atoms with Crippen molar-refractivity contribution in [1.29, 1.82) is 0 Å². The van der Waals surface area contributed by atoms with Gasteiger partial charge in [-0.3, -0.25) is 4.98 Å². The molecule has 0 saturated carbocycles. The van der Waals surface area contributed by atoms with Gasteiger partial charge >= 0.3 is 0 Å². The zero-order valence-corrected chi connectivity index (χ0v) is 11.9. The van der Waals surface area contributed by atoms with E-state index in [1.165, 1.54) is 36.8 Å². The maximum Gasteiger partial charge on any atom is 0.146 e. The Labute approximate surface area is 120 Å². The van der Waals surface area contributed by atoms with Crippen molar-refractivity contribution in [2.24, 2.45) is 0 Å². The van der Waals surface area contributed by atoms with E-state index < -0.39 is 0 Å². The fraction of sp³-hybridized carbons (Fsp3) is 0.353. The quantitative estimate of drug-likeness (QED) is 0.922. The van der Waals surface area contributed by atoms with Crippen LogP contribution in [0.15, 0.2) is 36.7 Å². The van der Waals surface area contributed by atoms with E-state index in [1.54, 1.807) is 6.20 Å². The summed E-state index contributed by atoms with van der Waals surface area (Å²) in [5.41, 5.74) is 4.04. The molecule has 3 nitrogen and oxygen atoms in total. The van der Waals surface area contributed by atoms with Crippen molar-refractivity contribution < 1.29 is 4.74 Å². The van der Waals surface area contributed by atoms with Crippen LogP contribution in [-0.4, -0.2) is 12.0 Å². The van der Waals surface area contributed by atoms with Gasteiger partial charge in [0, 0.05) is 12.7 Å². The van der Waals surface area contributed by atoms with E-state index in [4.69, 9.17) is 4.74 Å². The molecular weight excluding hydrogens is 248 g/mol. The highest BCUT2D eigenvalue weighted by atomic mass is 16.5. The van der Waals surface area contributed by atoms with Crippen LogP contribution in [0, 0.1) is 0 Å². The van der Waals surface area contributed by atoms with E-state index in [0.717, 1.165) is 23.6 Å². The molecule has 1 aliphatic carbocycles. The van der Waals surface area contributed by atoms with Crippen molar-refractivity contribution in [2.75, 3.05) is 7.05 Å². The van der Waals surface area contributed by atoms with E-state index in [1.807, 2.05) is 19.3 Å². The number of nitrogens with zero attached hydrogens (tertiary/aromatic N) is 1. The zero-order valence-electron chi connectivity index (χ0n) is 11.9. The van der Waals surface area contributed by atoms with Gasteiger partial charge in [0.25, 0.3) is 0 Å². The Bertz CT molecular complexity index is 595. The van der Waals surface area contributed by atoms with E-state index >= 15 is 0 Å². The zero-order chi connectivity index (χ0) is 13.8. The first-order valence-electron chi connectivity index (χ1n) is 7.23. The molecule has 0 bridgehead atoms. The fourth-order valence-electron chi connectivity index (χ4n) is 2.73. The molecule has 0 amide bonds. The molecular formula is C17H20N2O. The summed E-state index contributed by atoms with van der Waals surface area (Å²) in [6.07, 6.45) is 8.59. The summed E-state index contributed by atoms with van der Waals surface area (Å²) in [6.45, 7) is 0.800. The Morgan fingerprint density at radius 2 is 1.90 bits per heavy atom. The molecule has 1 heterocycles. The third kappa shape index (κ3) is 2.99. The molecule has 3 heteroatoms. The topological polar surface area (TPSA) is 34.2 Å². The predicted molar refractivity (Wildman–Crippen MR) is 80.2 cm³/mol. The highest BCUT2D eigenvalue weighted by Crippen LogP contribution is 2.28. The standard InChI is InChI=1S/C17H20N2O/c1-18-10-13-8-17(12-19-11-13)20-16-7-6-14-4-2-3-5-15(14)9-16/h6-9,11-12,18H,2-5,10H2,1H3. The molecule has 0 fully saturated rings. The Morgan fingerprint density at radius 3 is 2.75 bits per heavy atom. The highest BCUT2D eigenvalue weighted by Gasteiger charge is 2.10. The highest BCUT2D eigenvalue weighted by molar-refractivity contribution is 5.39. The normalized spacial score (nSPS) is 13.8. The number of fused-ring (bicyclic) bond motifs is 1. The van der Waals surface area contributed by atoms with E-state index in [-0.39, 0.29) is 0 Å². The number of benzene rings is 1. The molecule has 1 aliphatic rings. The van der Waals surface area contributed by atoms with E-state index in [2.05, 4.69) is 28.5 Å². The van der Waals surface area contributed by atoms with Gasteiger partial charge in [-0.1, -0.05) is 6.07 Å². The van der Waals surface area contributed by atoms with Crippen LogP contribution >= 0.6 is 0 Å². The molecule has 1 N–H and O–H groups in total. The monoisotopic (exact) mass is 268 g/mol. The number of ether oxygens (including phenoxy) is 1. The van der Waals surface area contributed by atoms with Crippen LogP contribution in [0.3, 0.4) is 0 Å².